The van der Waals surface area contributed by atoms with Gasteiger partial charge in [-0.2, -0.15) is 0 Å². The van der Waals surface area contributed by atoms with E-state index in [1.807, 2.05) is 11.8 Å². The average Bonchev–Trinajstić information content (AvgIpc) is 2.80. The van der Waals surface area contributed by atoms with Crippen molar-refractivity contribution in [2.75, 3.05) is 26.2 Å². The number of nitrogens with zero attached hydrogens (tertiary/aromatic N) is 1. The Kier molecular flexibility index (Phi) is 6.42. The number of hydrogen-bond acceptors (Lipinski definition) is 3. The number of nitrogens with two attached hydrogens (primary N) is 1. The fourth-order valence-corrected chi connectivity index (χ4v) is 2.06. The van der Waals surface area contributed by atoms with E-state index in [1.165, 1.54) is 0 Å². The second-order valence-corrected chi connectivity index (χ2v) is 4.29. The molecule has 2 N–H and O–H groups in total. The first-order chi connectivity index (χ1) is 7.77. The number of ether oxygens (including phenoxy) is 1. The molecule has 0 aliphatic carbocycles. The largest absolute Gasteiger partial charge is 0.378 e. The quantitative estimate of drug-likeness (QED) is 0.711. The molecule has 0 saturated carbocycles. The zero-order chi connectivity index (χ0) is 11.8. The molecule has 1 rings (SSSR count). The summed E-state index contributed by atoms with van der Waals surface area (Å²) in [5, 5.41) is 0. The van der Waals surface area contributed by atoms with E-state index in [1.54, 1.807) is 0 Å². The van der Waals surface area contributed by atoms with Crippen LogP contribution >= 0.6 is 0 Å². The maximum absolute atomic E-state index is 11.9. The van der Waals surface area contributed by atoms with Crippen molar-refractivity contribution in [3.8, 4) is 0 Å². The highest BCUT2D eigenvalue weighted by Gasteiger charge is 2.18. The zero-order valence-corrected chi connectivity index (χ0v) is 10.3. The van der Waals surface area contributed by atoms with Crippen molar-refractivity contribution in [3.63, 3.8) is 0 Å². The van der Waals surface area contributed by atoms with Crippen LogP contribution in [0.2, 0.25) is 0 Å². The third kappa shape index (κ3) is 4.49. The fourth-order valence-electron chi connectivity index (χ4n) is 2.06. The van der Waals surface area contributed by atoms with Crippen molar-refractivity contribution >= 4 is 5.91 Å². The van der Waals surface area contributed by atoms with Gasteiger partial charge in [-0.25, -0.2) is 0 Å². The summed E-state index contributed by atoms with van der Waals surface area (Å²) in [4.78, 5) is 13.8. The van der Waals surface area contributed by atoms with E-state index >= 15 is 0 Å². The third-order valence-corrected chi connectivity index (χ3v) is 3.07. The van der Waals surface area contributed by atoms with Crippen molar-refractivity contribution in [3.05, 3.63) is 0 Å². The molecule has 0 radical (unpaired) electrons. The van der Waals surface area contributed by atoms with Crippen LogP contribution in [0.1, 0.15) is 39.0 Å². The van der Waals surface area contributed by atoms with Crippen molar-refractivity contribution in [2.24, 2.45) is 5.73 Å². The van der Waals surface area contributed by atoms with Gasteiger partial charge in [-0.1, -0.05) is 0 Å². The van der Waals surface area contributed by atoms with Crippen LogP contribution in [0.5, 0.6) is 0 Å². The zero-order valence-electron chi connectivity index (χ0n) is 10.3. The van der Waals surface area contributed by atoms with E-state index in [9.17, 15) is 4.79 Å². The summed E-state index contributed by atoms with van der Waals surface area (Å²) in [5.74, 6) is 0.242. The number of amides is 1. The van der Waals surface area contributed by atoms with Crippen LogP contribution < -0.4 is 5.73 Å². The minimum atomic E-state index is 0.242. The first kappa shape index (κ1) is 13.5. The fraction of sp³-hybridized carbons (Fsp3) is 0.917. The van der Waals surface area contributed by atoms with Crippen LogP contribution in [-0.4, -0.2) is 43.2 Å². The summed E-state index contributed by atoms with van der Waals surface area (Å²) in [6.07, 6.45) is 4.95. The van der Waals surface area contributed by atoms with Crippen LogP contribution in [0.25, 0.3) is 0 Å². The molecule has 0 bridgehead atoms. The molecule has 0 spiro atoms. The van der Waals surface area contributed by atoms with Crippen LogP contribution in [0, 0.1) is 0 Å². The van der Waals surface area contributed by atoms with Crippen molar-refractivity contribution in [1.29, 1.82) is 0 Å². The van der Waals surface area contributed by atoms with Gasteiger partial charge in [0.2, 0.25) is 5.91 Å². The molecule has 0 aromatic heterocycles. The van der Waals surface area contributed by atoms with Gasteiger partial charge in [-0.05, 0) is 39.2 Å². The van der Waals surface area contributed by atoms with Gasteiger partial charge >= 0.3 is 0 Å². The summed E-state index contributed by atoms with van der Waals surface area (Å²) in [5.41, 5.74) is 5.45. The first-order valence-electron chi connectivity index (χ1n) is 6.37. The predicted molar refractivity (Wildman–Crippen MR) is 64.1 cm³/mol. The van der Waals surface area contributed by atoms with E-state index in [0.717, 1.165) is 45.4 Å². The van der Waals surface area contributed by atoms with E-state index in [-0.39, 0.29) is 5.91 Å². The van der Waals surface area contributed by atoms with Crippen LogP contribution in [-0.2, 0) is 9.53 Å². The maximum Gasteiger partial charge on any atom is 0.222 e. The lowest BCUT2D eigenvalue weighted by atomic mass is 10.1. The van der Waals surface area contributed by atoms with Gasteiger partial charge in [-0.3, -0.25) is 4.79 Å². The van der Waals surface area contributed by atoms with Gasteiger partial charge in [0.05, 0.1) is 6.10 Å². The molecule has 16 heavy (non-hydrogen) atoms. The van der Waals surface area contributed by atoms with E-state index in [0.29, 0.717) is 19.1 Å². The van der Waals surface area contributed by atoms with Gasteiger partial charge in [0.1, 0.15) is 0 Å². The Labute approximate surface area is 98.1 Å². The molecule has 1 aliphatic rings. The highest BCUT2D eigenvalue weighted by Crippen LogP contribution is 2.17. The SMILES string of the molecule is CCN(CCCN)C(=O)CCC1CCCO1. The van der Waals surface area contributed by atoms with Gasteiger partial charge < -0.3 is 15.4 Å². The molecule has 4 heteroatoms. The molecule has 1 heterocycles. The molecule has 1 amide bonds. The van der Waals surface area contributed by atoms with Crippen LogP contribution in [0.4, 0.5) is 0 Å². The molecule has 1 aliphatic heterocycles. The highest BCUT2D eigenvalue weighted by molar-refractivity contribution is 5.76. The van der Waals surface area contributed by atoms with E-state index in [2.05, 4.69) is 0 Å². The van der Waals surface area contributed by atoms with Crippen LogP contribution in [0.15, 0.2) is 0 Å². The number of carbonyl (C=O) groups is 1. The Morgan fingerprint density at radius 3 is 2.94 bits per heavy atom. The molecule has 94 valence electrons. The lowest BCUT2D eigenvalue weighted by Crippen LogP contribution is -2.33. The average molecular weight is 228 g/mol. The summed E-state index contributed by atoms with van der Waals surface area (Å²) in [7, 11) is 0. The molecule has 4 nitrogen and oxygen atoms in total. The molecule has 1 atom stereocenters. The lowest BCUT2D eigenvalue weighted by Gasteiger charge is -2.21. The van der Waals surface area contributed by atoms with Crippen LogP contribution in [0.3, 0.4) is 0 Å². The molecule has 0 aromatic rings. The van der Waals surface area contributed by atoms with Crippen molar-refractivity contribution < 1.29 is 9.53 Å². The Hall–Kier alpha value is -0.610. The summed E-state index contributed by atoms with van der Waals surface area (Å²) in [6.45, 7) is 5.10. The summed E-state index contributed by atoms with van der Waals surface area (Å²) in [6, 6.07) is 0. The van der Waals surface area contributed by atoms with Gasteiger partial charge in [-0.15, -0.1) is 0 Å². The lowest BCUT2D eigenvalue weighted by molar-refractivity contribution is -0.131. The molecule has 1 unspecified atom stereocenters. The summed E-state index contributed by atoms with van der Waals surface area (Å²) >= 11 is 0. The van der Waals surface area contributed by atoms with Gasteiger partial charge in [0, 0.05) is 26.1 Å². The Morgan fingerprint density at radius 1 is 1.56 bits per heavy atom. The van der Waals surface area contributed by atoms with Gasteiger partial charge in [0.15, 0.2) is 0 Å². The predicted octanol–water partition coefficient (Wildman–Crippen LogP) is 1.14. The minimum Gasteiger partial charge on any atom is -0.378 e. The Bertz CT molecular complexity index is 203. The second kappa shape index (κ2) is 7.63. The topological polar surface area (TPSA) is 55.6 Å². The Balaban J connectivity index is 2.19. The maximum atomic E-state index is 11.9. The third-order valence-electron chi connectivity index (χ3n) is 3.07. The standard InChI is InChI=1S/C12H24N2O2/c1-2-14(9-4-8-13)12(15)7-6-11-5-3-10-16-11/h11H,2-10,13H2,1H3. The molecule has 1 fully saturated rings. The highest BCUT2D eigenvalue weighted by atomic mass is 16.5. The number of hydrogen-bond donors (Lipinski definition) is 1. The molecule has 1 saturated heterocycles. The molecular formula is C12H24N2O2. The van der Waals surface area contributed by atoms with E-state index in [4.69, 9.17) is 10.5 Å². The first-order valence-corrected chi connectivity index (χ1v) is 6.37. The number of rotatable bonds is 7. The number of carbonyl (C=O) groups excluding carboxylic acids is 1. The summed E-state index contributed by atoms with van der Waals surface area (Å²) < 4.78 is 5.51. The normalized spacial score (nSPS) is 20.0. The van der Waals surface area contributed by atoms with E-state index < -0.39 is 0 Å². The minimum absolute atomic E-state index is 0.242. The molecular weight excluding hydrogens is 204 g/mol. The monoisotopic (exact) mass is 228 g/mol. The van der Waals surface area contributed by atoms with Crippen molar-refractivity contribution in [2.45, 2.75) is 45.1 Å². The van der Waals surface area contributed by atoms with Crippen molar-refractivity contribution in [1.82, 2.24) is 4.90 Å². The second-order valence-electron chi connectivity index (χ2n) is 4.29. The van der Waals surface area contributed by atoms with Gasteiger partial charge in [0.25, 0.3) is 0 Å². The molecule has 0 aromatic carbocycles. The smallest absolute Gasteiger partial charge is 0.222 e. The Morgan fingerprint density at radius 2 is 2.38 bits per heavy atom.